The van der Waals surface area contributed by atoms with Crippen LogP contribution in [0.2, 0.25) is 0 Å². The average Bonchev–Trinajstić information content (AvgIpc) is 2.68. The maximum atomic E-state index is 14.8. The molecule has 2 aliphatic heterocycles. The topological polar surface area (TPSA) is 55.1 Å². The summed E-state index contributed by atoms with van der Waals surface area (Å²) in [7, 11) is 2.22. The number of halogens is 1. The predicted molar refractivity (Wildman–Crippen MR) is 98.7 cm³/mol. The third-order valence-electron chi connectivity index (χ3n) is 7.58. The number of hydrogen-bond acceptors (Lipinski definition) is 3. The monoisotopic (exact) mass is 354 g/mol. The second-order valence-electron chi connectivity index (χ2n) is 9.45. The molecule has 1 spiro atoms. The molecule has 0 radical (unpaired) electrons. The maximum absolute atomic E-state index is 14.8. The molecule has 4 nitrogen and oxygen atoms in total. The van der Waals surface area contributed by atoms with Crippen molar-refractivity contribution in [3.8, 4) is 0 Å². The van der Waals surface area contributed by atoms with Crippen LogP contribution in [-0.2, 0) is 4.79 Å². The minimum absolute atomic E-state index is 0.0806. The van der Waals surface area contributed by atoms with Crippen LogP contribution < -0.4 is 11.1 Å². The fourth-order valence-corrected chi connectivity index (χ4v) is 6.27. The van der Waals surface area contributed by atoms with Gasteiger partial charge in [-0.25, -0.2) is 4.39 Å². The number of nitrogens with zero attached hydrogens (tertiary/aromatic N) is 1. The van der Waals surface area contributed by atoms with E-state index in [0.29, 0.717) is 18.9 Å². The number of fused-ring (bicyclic) bond motifs is 3. The smallest absolute Gasteiger partial charge is 0.151 e. The van der Waals surface area contributed by atoms with Gasteiger partial charge in [0.25, 0.3) is 0 Å². The number of carbonyl (C=O) groups is 1. The van der Waals surface area contributed by atoms with Crippen molar-refractivity contribution >= 4 is 5.78 Å². The number of alkyl halides is 1. The molecule has 1 saturated carbocycles. The van der Waals surface area contributed by atoms with E-state index in [1.165, 1.54) is 38.5 Å². The van der Waals surface area contributed by atoms with E-state index >= 15 is 0 Å². The van der Waals surface area contributed by atoms with Crippen molar-refractivity contribution in [2.75, 3.05) is 26.7 Å². The lowest BCUT2D eigenvalue weighted by Crippen LogP contribution is -2.64. The first-order chi connectivity index (χ1) is 11.8. The van der Waals surface area contributed by atoms with Crippen molar-refractivity contribution in [3.63, 3.8) is 0 Å². The van der Waals surface area contributed by atoms with Gasteiger partial charge in [-0.3, -0.25) is 10.5 Å². The zero-order valence-corrected chi connectivity index (χ0v) is 16.3. The lowest BCUT2D eigenvalue weighted by Gasteiger charge is -2.42. The Morgan fingerprint density at radius 3 is 2.48 bits per heavy atom. The summed E-state index contributed by atoms with van der Waals surface area (Å²) in [6.45, 7) is 5.91. The molecule has 3 N–H and O–H groups in total. The van der Waals surface area contributed by atoms with Gasteiger partial charge in [0.05, 0.1) is 26.1 Å². The SMILES string of the molecule is CC(=O)C1C(C)NCC(F)CC2C[N+](C)(CC23CCCCCC3)C1N. The van der Waals surface area contributed by atoms with Crippen molar-refractivity contribution < 1.29 is 13.7 Å². The van der Waals surface area contributed by atoms with Gasteiger partial charge in [0.15, 0.2) is 6.17 Å². The van der Waals surface area contributed by atoms with E-state index < -0.39 is 6.17 Å². The maximum Gasteiger partial charge on any atom is 0.151 e. The van der Waals surface area contributed by atoms with Gasteiger partial charge in [-0.05, 0) is 33.1 Å². The van der Waals surface area contributed by atoms with Crippen LogP contribution in [0.4, 0.5) is 4.39 Å². The number of Topliss-reactive ketones (excluding diaryl/α,β-unsaturated/α-hetero) is 1. The summed E-state index contributed by atoms with van der Waals surface area (Å²) >= 11 is 0. The molecule has 6 unspecified atom stereocenters. The van der Waals surface area contributed by atoms with Gasteiger partial charge in [-0.2, -0.15) is 0 Å². The lowest BCUT2D eigenvalue weighted by atomic mass is 9.70. The Balaban J connectivity index is 1.96. The Morgan fingerprint density at radius 1 is 1.24 bits per heavy atom. The van der Waals surface area contributed by atoms with Gasteiger partial charge in [0.1, 0.15) is 12.0 Å². The predicted octanol–water partition coefficient (Wildman–Crippen LogP) is 2.61. The van der Waals surface area contributed by atoms with E-state index in [9.17, 15) is 9.18 Å². The normalized spacial score (nSPS) is 45.1. The molecule has 1 aliphatic carbocycles. The van der Waals surface area contributed by atoms with Crippen LogP contribution >= 0.6 is 0 Å². The van der Waals surface area contributed by atoms with Crippen LogP contribution in [0.3, 0.4) is 0 Å². The first-order valence-electron chi connectivity index (χ1n) is 10.3. The first-order valence-corrected chi connectivity index (χ1v) is 10.3. The average molecular weight is 355 g/mol. The number of quaternary nitrogens is 1. The van der Waals surface area contributed by atoms with Gasteiger partial charge in [-0.15, -0.1) is 0 Å². The van der Waals surface area contributed by atoms with E-state index in [2.05, 4.69) is 12.4 Å². The Hall–Kier alpha value is -0.520. The van der Waals surface area contributed by atoms with Gasteiger partial charge in [0, 0.05) is 23.9 Å². The summed E-state index contributed by atoms with van der Waals surface area (Å²) < 4.78 is 15.5. The summed E-state index contributed by atoms with van der Waals surface area (Å²) in [6, 6.07) is -0.0806. The Kier molecular flexibility index (Phi) is 5.57. The van der Waals surface area contributed by atoms with E-state index in [0.717, 1.165) is 17.6 Å². The molecule has 2 bridgehead atoms. The third-order valence-corrected chi connectivity index (χ3v) is 7.58. The number of nitrogens with two attached hydrogens (primary N) is 1. The molecule has 5 heteroatoms. The minimum atomic E-state index is -0.832. The van der Waals surface area contributed by atoms with Crippen LogP contribution in [0.15, 0.2) is 0 Å². The van der Waals surface area contributed by atoms with Crippen molar-refractivity contribution in [2.45, 2.75) is 77.2 Å². The molecular formula is C20H37FN3O+. The minimum Gasteiger partial charge on any atom is -0.310 e. The molecule has 0 aromatic carbocycles. The third kappa shape index (κ3) is 3.65. The summed E-state index contributed by atoms with van der Waals surface area (Å²) in [4.78, 5) is 12.4. The van der Waals surface area contributed by atoms with Gasteiger partial charge >= 0.3 is 0 Å². The molecule has 0 amide bonds. The molecule has 25 heavy (non-hydrogen) atoms. The standard InChI is InChI=1S/C20H37FN3O/c1-14-18(15(2)25)19(22)24(3)12-16(10-17(21)11-23-14)20(13-24)8-6-4-5-7-9-20/h14,16-19,23H,4-13,22H2,1-3H3/q+1. The fraction of sp³-hybridized carbons (Fsp3) is 0.950. The fourth-order valence-electron chi connectivity index (χ4n) is 6.27. The van der Waals surface area contributed by atoms with Crippen LogP contribution in [0.25, 0.3) is 0 Å². The van der Waals surface area contributed by atoms with Crippen molar-refractivity contribution in [1.82, 2.24) is 5.32 Å². The highest BCUT2D eigenvalue weighted by molar-refractivity contribution is 5.79. The highest BCUT2D eigenvalue weighted by Gasteiger charge is 2.57. The van der Waals surface area contributed by atoms with Gasteiger partial charge < -0.3 is 9.80 Å². The van der Waals surface area contributed by atoms with Crippen LogP contribution in [-0.4, -0.2) is 55.3 Å². The highest BCUT2D eigenvalue weighted by Crippen LogP contribution is 2.51. The molecule has 2 heterocycles. The molecule has 3 fully saturated rings. The summed E-state index contributed by atoms with van der Waals surface area (Å²) in [5.41, 5.74) is 6.98. The molecule has 6 atom stereocenters. The lowest BCUT2D eigenvalue weighted by molar-refractivity contribution is -0.928. The second kappa shape index (κ2) is 7.24. The van der Waals surface area contributed by atoms with E-state index in [1.807, 2.05) is 6.92 Å². The molecule has 3 aliphatic rings. The molecule has 144 valence electrons. The molecular weight excluding hydrogens is 317 g/mol. The number of rotatable bonds is 1. The van der Waals surface area contributed by atoms with Gasteiger partial charge in [-0.1, -0.05) is 25.7 Å². The molecule has 0 aromatic heterocycles. The summed E-state index contributed by atoms with van der Waals surface area (Å²) in [5, 5.41) is 3.27. The quantitative estimate of drug-likeness (QED) is 0.712. The van der Waals surface area contributed by atoms with E-state index in [-0.39, 0.29) is 29.3 Å². The number of nitrogens with one attached hydrogen (secondary N) is 1. The highest BCUT2D eigenvalue weighted by atomic mass is 19.1. The first kappa shape index (κ1) is 19.2. The summed E-state index contributed by atoms with van der Waals surface area (Å²) in [6.07, 6.45) is 7.14. The Labute approximate surface area is 152 Å². The molecule has 2 saturated heterocycles. The second-order valence-corrected chi connectivity index (χ2v) is 9.45. The summed E-state index contributed by atoms with van der Waals surface area (Å²) in [5.74, 6) is 0.262. The van der Waals surface area contributed by atoms with Gasteiger partial charge in [0.2, 0.25) is 0 Å². The Bertz CT molecular complexity index is 491. The zero-order chi connectivity index (χ0) is 18.2. The van der Waals surface area contributed by atoms with E-state index in [1.54, 1.807) is 6.92 Å². The van der Waals surface area contributed by atoms with Crippen LogP contribution in [0.5, 0.6) is 0 Å². The largest absolute Gasteiger partial charge is 0.310 e. The van der Waals surface area contributed by atoms with Crippen molar-refractivity contribution in [1.29, 1.82) is 0 Å². The van der Waals surface area contributed by atoms with E-state index in [4.69, 9.17) is 5.73 Å². The zero-order valence-electron chi connectivity index (χ0n) is 16.3. The van der Waals surface area contributed by atoms with Crippen molar-refractivity contribution in [2.24, 2.45) is 23.0 Å². The molecule has 0 aromatic rings. The number of ketones is 1. The number of carbonyl (C=O) groups excluding carboxylic acids is 1. The number of hydrogen-bond donors (Lipinski definition) is 2. The van der Waals surface area contributed by atoms with Crippen LogP contribution in [0, 0.1) is 17.3 Å². The van der Waals surface area contributed by atoms with Crippen LogP contribution in [0.1, 0.15) is 58.8 Å². The van der Waals surface area contributed by atoms with Crippen molar-refractivity contribution in [3.05, 3.63) is 0 Å². The Morgan fingerprint density at radius 2 is 1.88 bits per heavy atom. The molecule has 3 rings (SSSR count).